The van der Waals surface area contributed by atoms with E-state index in [4.69, 9.17) is 15.9 Å². The quantitative estimate of drug-likeness (QED) is 0.505. The molecule has 0 atom stereocenters. The average molecular weight is 293 g/mol. The molecule has 2 aromatic rings. The highest BCUT2D eigenvalue weighted by atomic mass is 32.2. The Bertz CT molecular complexity index is 595. The zero-order valence-electron chi connectivity index (χ0n) is 10.8. The van der Waals surface area contributed by atoms with Crippen LogP contribution in [0.4, 0.5) is 0 Å². The van der Waals surface area contributed by atoms with Crippen LogP contribution in [0.2, 0.25) is 0 Å². The summed E-state index contributed by atoms with van der Waals surface area (Å²) < 4.78 is 6.37. The third-order valence-electron chi connectivity index (χ3n) is 2.54. The van der Waals surface area contributed by atoms with Gasteiger partial charge in [-0.15, -0.1) is 11.3 Å². The molecule has 0 saturated heterocycles. The van der Waals surface area contributed by atoms with E-state index in [2.05, 4.69) is 4.98 Å². The third kappa shape index (κ3) is 3.48. The van der Waals surface area contributed by atoms with Gasteiger partial charge in [-0.25, -0.2) is 4.98 Å². The first-order valence-electron chi connectivity index (χ1n) is 5.66. The second-order valence-corrected chi connectivity index (χ2v) is 6.06. The van der Waals surface area contributed by atoms with Crippen LogP contribution >= 0.6 is 23.1 Å². The molecule has 2 rings (SSSR count). The van der Waals surface area contributed by atoms with Gasteiger partial charge in [-0.3, -0.25) is 5.41 Å². The van der Waals surface area contributed by atoms with Crippen LogP contribution in [-0.2, 0) is 5.75 Å². The number of nitrogen functional groups attached to an aromatic ring is 1. The van der Waals surface area contributed by atoms with E-state index < -0.39 is 0 Å². The Hall–Kier alpha value is -1.53. The topological polar surface area (TPSA) is 72.0 Å². The first-order valence-corrected chi connectivity index (χ1v) is 7.53. The zero-order chi connectivity index (χ0) is 13.8. The number of nitrogens with zero attached hydrogens (tertiary/aromatic N) is 1. The monoisotopic (exact) mass is 293 g/mol. The Morgan fingerprint density at radius 1 is 1.53 bits per heavy atom. The molecule has 1 aromatic heterocycles. The zero-order valence-corrected chi connectivity index (χ0v) is 12.4. The standard InChI is InChI=1S/C13H15N3OS2/c1-8-6-18-13(16-8)19-7-10-5-9(12(14)15)3-4-11(10)17-2/h3-6H,7H2,1-2H3,(H3,14,15). The molecule has 0 unspecified atom stereocenters. The molecule has 3 N–H and O–H groups in total. The van der Waals surface area contributed by atoms with Crippen molar-refractivity contribution in [1.82, 2.24) is 4.98 Å². The van der Waals surface area contributed by atoms with Gasteiger partial charge in [-0.2, -0.15) is 0 Å². The highest BCUT2D eigenvalue weighted by molar-refractivity contribution is 8.00. The summed E-state index contributed by atoms with van der Waals surface area (Å²) in [6, 6.07) is 5.54. The fourth-order valence-corrected chi connectivity index (χ4v) is 3.42. The van der Waals surface area contributed by atoms with Crippen LogP contribution in [-0.4, -0.2) is 17.9 Å². The van der Waals surface area contributed by atoms with Gasteiger partial charge in [0.25, 0.3) is 0 Å². The van der Waals surface area contributed by atoms with E-state index >= 15 is 0 Å². The molecule has 0 fully saturated rings. The summed E-state index contributed by atoms with van der Waals surface area (Å²) >= 11 is 3.30. The maximum absolute atomic E-state index is 7.48. The van der Waals surface area contributed by atoms with E-state index in [0.717, 1.165) is 27.1 Å². The van der Waals surface area contributed by atoms with Gasteiger partial charge in [0.1, 0.15) is 15.9 Å². The van der Waals surface area contributed by atoms with Crippen molar-refractivity contribution in [2.75, 3.05) is 7.11 Å². The number of methoxy groups -OCH3 is 1. The van der Waals surface area contributed by atoms with Crippen LogP contribution in [0.1, 0.15) is 16.8 Å². The number of nitrogens with two attached hydrogens (primary N) is 1. The molecule has 1 aromatic carbocycles. The summed E-state index contributed by atoms with van der Waals surface area (Å²) in [5.74, 6) is 1.63. The van der Waals surface area contributed by atoms with E-state index in [1.54, 1.807) is 36.3 Å². The van der Waals surface area contributed by atoms with Gasteiger partial charge < -0.3 is 10.5 Å². The number of aromatic nitrogens is 1. The number of thioether (sulfide) groups is 1. The van der Waals surface area contributed by atoms with Gasteiger partial charge >= 0.3 is 0 Å². The Morgan fingerprint density at radius 3 is 2.89 bits per heavy atom. The summed E-state index contributed by atoms with van der Waals surface area (Å²) in [4.78, 5) is 4.41. The molecule has 0 aliphatic heterocycles. The minimum absolute atomic E-state index is 0.0685. The Balaban J connectivity index is 2.17. The molecule has 0 amide bonds. The highest BCUT2D eigenvalue weighted by Crippen LogP contribution is 2.30. The van der Waals surface area contributed by atoms with Gasteiger partial charge in [-0.05, 0) is 25.1 Å². The molecule has 0 saturated carbocycles. The van der Waals surface area contributed by atoms with Crippen molar-refractivity contribution < 1.29 is 4.74 Å². The second kappa shape index (κ2) is 6.08. The number of amidine groups is 1. The van der Waals surface area contributed by atoms with Crippen LogP contribution in [0.15, 0.2) is 27.9 Å². The van der Waals surface area contributed by atoms with Crippen LogP contribution in [0.25, 0.3) is 0 Å². The average Bonchev–Trinajstić information content (AvgIpc) is 2.81. The molecule has 0 radical (unpaired) electrons. The summed E-state index contributed by atoms with van der Waals surface area (Å²) in [5, 5.41) is 9.51. The normalized spacial score (nSPS) is 10.4. The molecular formula is C13H15N3OS2. The van der Waals surface area contributed by atoms with Gasteiger partial charge in [-0.1, -0.05) is 11.8 Å². The van der Waals surface area contributed by atoms with Crippen molar-refractivity contribution >= 4 is 28.9 Å². The largest absolute Gasteiger partial charge is 0.496 e. The number of ether oxygens (including phenoxy) is 1. The summed E-state index contributed by atoms with van der Waals surface area (Å²) in [7, 11) is 1.64. The van der Waals surface area contributed by atoms with Gasteiger partial charge in [0.2, 0.25) is 0 Å². The van der Waals surface area contributed by atoms with Gasteiger partial charge in [0.15, 0.2) is 0 Å². The lowest BCUT2D eigenvalue weighted by molar-refractivity contribution is 0.411. The SMILES string of the molecule is COc1ccc(C(=N)N)cc1CSc1nc(C)cs1. The number of nitrogens with one attached hydrogen (secondary N) is 1. The third-order valence-corrected chi connectivity index (χ3v) is 4.73. The first kappa shape index (κ1) is 13.9. The maximum Gasteiger partial charge on any atom is 0.150 e. The number of benzene rings is 1. The molecular weight excluding hydrogens is 278 g/mol. The van der Waals surface area contributed by atoms with Crippen molar-refractivity contribution in [3.63, 3.8) is 0 Å². The van der Waals surface area contributed by atoms with E-state index in [1.807, 2.05) is 24.4 Å². The van der Waals surface area contributed by atoms with Gasteiger partial charge in [0, 0.05) is 28.0 Å². The summed E-state index contributed by atoms with van der Waals surface area (Å²) in [6.45, 7) is 1.98. The molecule has 0 bridgehead atoms. The summed E-state index contributed by atoms with van der Waals surface area (Å²) in [6.07, 6.45) is 0. The van der Waals surface area contributed by atoms with Crippen molar-refractivity contribution in [2.45, 2.75) is 17.0 Å². The highest BCUT2D eigenvalue weighted by Gasteiger charge is 2.08. The van der Waals surface area contributed by atoms with Crippen LogP contribution in [0.3, 0.4) is 0 Å². The lowest BCUT2D eigenvalue weighted by Gasteiger charge is -2.09. The molecule has 19 heavy (non-hydrogen) atoms. The fourth-order valence-electron chi connectivity index (χ4n) is 1.60. The number of aryl methyl sites for hydroxylation is 1. The van der Waals surface area contributed by atoms with E-state index in [9.17, 15) is 0 Å². The molecule has 0 spiro atoms. The van der Waals surface area contributed by atoms with Crippen molar-refractivity contribution in [3.8, 4) is 5.75 Å². The first-order chi connectivity index (χ1) is 9.10. The fraction of sp³-hybridized carbons (Fsp3) is 0.231. The minimum Gasteiger partial charge on any atom is -0.496 e. The molecule has 0 aliphatic rings. The lowest BCUT2D eigenvalue weighted by atomic mass is 10.1. The summed E-state index contributed by atoms with van der Waals surface area (Å²) in [5.41, 5.74) is 8.28. The smallest absolute Gasteiger partial charge is 0.150 e. The second-order valence-electron chi connectivity index (χ2n) is 3.98. The predicted octanol–water partition coefficient (Wildman–Crippen LogP) is 3.04. The van der Waals surface area contributed by atoms with Crippen LogP contribution < -0.4 is 10.5 Å². The van der Waals surface area contributed by atoms with E-state index in [-0.39, 0.29) is 5.84 Å². The van der Waals surface area contributed by atoms with E-state index in [0.29, 0.717) is 5.56 Å². The molecule has 4 nitrogen and oxygen atoms in total. The Morgan fingerprint density at radius 2 is 2.32 bits per heavy atom. The number of thiazole rings is 1. The maximum atomic E-state index is 7.48. The number of hydrogen-bond donors (Lipinski definition) is 2. The van der Waals surface area contributed by atoms with Crippen molar-refractivity contribution in [2.24, 2.45) is 5.73 Å². The molecule has 100 valence electrons. The Labute approximate surface area is 120 Å². The molecule has 6 heteroatoms. The molecule has 1 heterocycles. The van der Waals surface area contributed by atoms with Gasteiger partial charge in [0.05, 0.1) is 7.11 Å². The van der Waals surface area contributed by atoms with Crippen molar-refractivity contribution in [1.29, 1.82) is 5.41 Å². The van der Waals surface area contributed by atoms with E-state index in [1.165, 1.54) is 0 Å². The van der Waals surface area contributed by atoms with Crippen LogP contribution in [0, 0.1) is 12.3 Å². The number of rotatable bonds is 5. The minimum atomic E-state index is 0.0685. The van der Waals surface area contributed by atoms with Crippen molar-refractivity contribution in [3.05, 3.63) is 40.4 Å². The number of hydrogen-bond acceptors (Lipinski definition) is 5. The van der Waals surface area contributed by atoms with Crippen LogP contribution in [0.5, 0.6) is 5.75 Å². The lowest BCUT2D eigenvalue weighted by Crippen LogP contribution is -2.11. The Kier molecular flexibility index (Phi) is 4.44. The predicted molar refractivity (Wildman–Crippen MR) is 80.4 cm³/mol. The molecule has 0 aliphatic carbocycles.